The van der Waals surface area contributed by atoms with E-state index < -0.39 is 12.2 Å². The van der Waals surface area contributed by atoms with Crippen LogP contribution in [0.1, 0.15) is 25.3 Å². The van der Waals surface area contributed by atoms with Crippen molar-refractivity contribution in [3.05, 3.63) is 29.8 Å². The first-order valence-corrected chi connectivity index (χ1v) is 8.98. The maximum Gasteiger partial charge on any atom is 0.248 e. The summed E-state index contributed by atoms with van der Waals surface area (Å²) in [5, 5.41) is 12.6. The van der Waals surface area contributed by atoms with Gasteiger partial charge < -0.3 is 29.4 Å². The lowest BCUT2D eigenvalue weighted by molar-refractivity contribution is -0.134. The first-order valence-electron chi connectivity index (χ1n) is 8.98. The van der Waals surface area contributed by atoms with Crippen molar-refractivity contribution in [3.8, 4) is 5.75 Å². The van der Waals surface area contributed by atoms with E-state index in [1.54, 1.807) is 14.0 Å². The normalized spacial score (nSPS) is 19.1. The molecule has 3 atom stereocenters. The molecule has 1 saturated heterocycles. The van der Waals surface area contributed by atoms with Crippen LogP contribution in [0.3, 0.4) is 0 Å². The second-order valence-corrected chi connectivity index (χ2v) is 6.37. The molecule has 1 fully saturated rings. The zero-order valence-corrected chi connectivity index (χ0v) is 15.5. The Balaban J connectivity index is 1.56. The summed E-state index contributed by atoms with van der Waals surface area (Å²) in [6.07, 6.45) is 0.743. The first kappa shape index (κ1) is 20.6. The third-order valence-electron chi connectivity index (χ3n) is 4.18. The molecule has 0 aliphatic carbocycles. The predicted octanol–water partition coefficient (Wildman–Crippen LogP) is 1.27. The van der Waals surface area contributed by atoms with Crippen LogP contribution in [0, 0.1) is 0 Å². The number of hydrogen-bond donors (Lipinski definition) is 2. The van der Waals surface area contributed by atoms with Crippen molar-refractivity contribution < 1.29 is 28.8 Å². The van der Waals surface area contributed by atoms with Gasteiger partial charge in [-0.15, -0.1) is 0 Å². The molecular formula is C19H29NO6. The minimum Gasteiger partial charge on any atom is -0.497 e. The highest BCUT2D eigenvalue weighted by Crippen LogP contribution is 2.13. The van der Waals surface area contributed by atoms with Crippen LogP contribution in [0.5, 0.6) is 5.75 Å². The highest BCUT2D eigenvalue weighted by atomic mass is 16.5. The number of methoxy groups -OCH3 is 1. The number of nitrogens with one attached hydrogen (secondary N) is 1. The van der Waals surface area contributed by atoms with Crippen LogP contribution in [0.25, 0.3) is 0 Å². The predicted molar refractivity (Wildman–Crippen MR) is 96.1 cm³/mol. The minimum atomic E-state index is -0.775. The topological polar surface area (TPSA) is 86.2 Å². The maximum absolute atomic E-state index is 12.0. The van der Waals surface area contributed by atoms with E-state index in [0.29, 0.717) is 13.2 Å². The van der Waals surface area contributed by atoms with Crippen LogP contribution in [0.4, 0.5) is 0 Å². The summed E-state index contributed by atoms with van der Waals surface area (Å²) in [5.74, 6) is 0.532. The summed E-state index contributed by atoms with van der Waals surface area (Å²) in [5.41, 5.74) is 0.984. The molecule has 2 N–H and O–H groups in total. The van der Waals surface area contributed by atoms with E-state index in [4.69, 9.17) is 18.9 Å². The molecule has 1 aliphatic rings. The summed E-state index contributed by atoms with van der Waals surface area (Å²) in [4.78, 5) is 12.0. The van der Waals surface area contributed by atoms with Crippen molar-refractivity contribution in [2.45, 2.75) is 44.7 Å². The Bertz CT molecular complexity index is 529. The number of carbonyl (C=O) groups is 1. The Morgan fingerprint density at radius 2 is 2.15 bits per heavy atom. The zero-order chi connectivity index (χ0) is 18.8. The molecule has 3 unspecified atom stereocenters. The minimum absolute atomic E-state index is 0.0854. The Labute approximate surface area is 154 Å². The lowest BCUT2D eigenvalue weighted by atomic mass is 10.2. The molecule has 7 heteroatoms. The zero-order valence-electron chi connectivity index (χ0n) is 15.5. The van der Waals surface area contributed by atoms with Gasteiger partial charge in [0, 0.05) is 13.2 Å². The van der Waals surface area contributed by atoms with Gasteiger partial charge in [0.2, 0.25) is 5.91 Å². The molecule has 146 valence electrons. The number of hydrogen-bond acceptors (Lipinski definition) is 6. The molecule has 26 heavy (non-hydrogen) atoms. The Morgan fingerprint density at radius 1 is 1.38 bits per heavy atom. The molecule has 1 heterocycles. The summed E-state index contributed by atoms with van der Waals surface area (Å²) in [6.45, 7) is 3.51. The fourth-order valence-corrected chi connectivity index (χ4v) is 2.56. The molecule has 2 rings (SSSR count). The standard InChI is InChI=1S/C19H29NO6/c1-14(26-13-18-4-3-9-25-18)19(22)20-10-16(21)12-24-11-15-5-7-17(23-2)8-6-15/h5-8,14,16,18,21H,3-4,9-13H2,1-2H3,(H,20,22). The number of amides is 1. The molecule has 0 aromatic heterocycles. The van der Waals surface area contributed by atoms with Gasteiger partial charge in [-0.25, -0.2) is 0 Å². The SMILES string of the molecule is COc1ccc(COCC(O)CNC(=O)C(C)OCC2CCCO2)cc1. The summed E-state index contributed by atoms with van der Waals surface area (Å²) < 4.78 is 21.5. The van der Waals surface area contributed by atoms with Gasteiger partial charge in [0.05, 0.1) is 39.1 Å². The average molecular weight is 367 g/mol. The van der Waals surface area contributed by atoms with Crippen LogP contribution in [-0.2, 0) is 25.6 Å². The molecule has 0 spiro atoms. The van der Waals surface area contributed by atoms with Crippen molar-refractivity contribution in [2.75, 3.05) is 33.5 Å². The number of rotatable bonds is 11. The molecule has 0 bridgehead atoms. The Kier molecular flexibility index (Phi) is 8.84. The van der Waals surface area contributed by atoms with Gasteiger partial charge in [0.25, 0.3) is 0 Å². The van der Waals surface area contributed by atoms with Crippen molar-refractivity contribution in [3.63, 3.8) is 0 Å². The van der Waals surface area contributed by atoms with Gasteiger partial charge in [0.15, 0.2) is 0 Å². The number of aliphatic hydroxyl groups is 1. The summed E-state index contributed by atoms with van der Waals surface area (Å²) >= 11 is 0. The van der Waals surface area contributed by atoms with Gasteiger partial charge in [-0.2, -0.15) is 0 Å². The van der Waals surface area contributed by atoms with Gasteiger partial charge in [-0.05, 0) is 37.5 Å². The molecule has 0 radical (unpaired) electrons. The first-order chi connectivity index (χ1) is 12.6. The van der Waals surface area contributed by atoms with Gasteiger partial charge >= 0.3 is 0 Å². The summed E-state index contributed by atoms with van der Waals surface area (Å²) in [7, 11) is 1.62. The highest BCUT2D eigenvalue weighted by Gasteiger charge is 2.20. The lowest BCUT2D eigenvalue weighted by Gasteiger charge is -2.17. The number of benzene rings is 1. The Hall–Kier alpha value is -1.67. The number of ether oxygens (including phenoxy) is 4. The van der Waals surface area contributed by atoms with E-state index in [2.05, 4.69) is 5.32 Å². The number of aliphatic hydroxyl groups excluding tert-OH is 1. The second-order valence-electron chi connectivity index (χ2n) is 6.37. The lowest BCUT2D eigenvalue weighted by Crippen LogP contribution is -2.41. The molecule has 7 nitrogen and oxygen atoms in total. The largest absolute Gasteiger partial charge is 0.497 e. The molecule has 1 aromatic carbocycles. The monoisotopic (exact) mass is 367 g/mol. The van der Waals surface area contributed by atoms with E-state index in [1.807, 2.05) is 24.3 Å². The molecule has 0 saturated carbocycles. The molecule has 1 amide bonds. The molecular weight excluding hydrogens is 338 g/mol. The van der Waals surface area contributed by atoms with Crippen LogP contribution in [-0.4, -0.2) is 62.8 Å². The maximum atomic E-state index is 12.0. The van der Waals surface area contributed by atoms with E-state index in [0.717, 1.165) is 30.8 Å². The third kappa shape index (κ3) is 7.29. The van der Waals surface area contributed by atoms with Gasteiger partial charge in [-0.1, -0.05) is 12.1 Å². The summed E-state index contributed by atoms with van der Waals surface area (Å²) in [6, 6.07) is 7.51. The fourth-order valence-electron chi connectivity index (χ4n) is 2.56. The fraction of sp³-hybridized carbons (Fsp3) is 0.632. The molecule has 1 aromatic rings. The van der Waals surface area contributed by atoms with Crippen LogP contribution in [0.2, 0.25) is 0 Å². The second kappa shape index (κ2) is 11.1. The molecule has 1 aliphatic heterocycles. The quantitative estimate of drug-likeness (QED) is 0.613. The van der Waals surface area contributed by atoms with E-state index in [9.17, 15) is 9.90 Å². The van der Waals surface area contributed by atoms with E-state index >= 15 is 0 Å². The van der Waals surface area contributed by atoms with Crippen LogP contribution < -0.4 is 10.1 Å². The van der Waals surface area contributed by atoms with Crippen LogP contribution in [0.15, 0.2) is 24.3 Å². The number of carbonyl (C=O) groups excluding carboxylic acids is 1. The highest BCUT2D eigenvalue weighted by molar-refractivity contribution is 5.80. The smallest absolute Gasteiger partial charge is 0.248 e. The average Bonchev–Trinajstić information content (AvgIpc) is 3.18. The van der Waals surface area contributed by atoms with E-state index in [-0.39, 0.29) is 25.2 Å². The third-order valence-corrected chi connectivity index (χ3v) is 4.18. The van der Waals surface area contributed by atoms with Crippen LogP contribution >= 0.6 is 0 Å². The van der Waals surface area contributed by atoms with Crippen molar-refractivity contribution in [1.29, 1.82) is 0 Å². The van der Waals surface area contributed by atoms with Crippen molar-refractivity contribution in [1.82, 2.24) is 5.32 Å². The van der Waals surface area contributed by atoms with Crippen molar-refractivity contribution >= 4 is 5.91 Å². The van der Waals surface area contributed by atoms with Gasteiger partial charge in [-0.3, -0.25) is 4.79 Å². The van der Waals surface area contributed by atoms with Gasteiger partial charge in [0.1, 0.15) is 11.9 Å². The Morgan fingerprint density at radius 3 is 2.81 bits per heavy atom. The van der Waals surface area contributed by atoms with Crippen molar-refractivity contribution in [2.24, 2.45) is 0 Å². The van der Waals surface area contributed by atoms with E-state index in [1.165, 1.54) is 0 Å².